The van der Waals surface area contributed by atoms with Crippen molar-refractivity contribution >= 4 is 30.2 Å². The molecule has 0 fully saturated rings. The van der Waals surface area contributed by atoms with Crippen molar-refractivity contribution in [2.24, 2.45) is 11.3 Å². The van der Waals surface area contributed by atoms with Crippen molar-refractivity contribution in [3.05, 3.63) is 36.0 Å². The molecule has 1 aliphatic carbocycles. The smallest absolute Gasteiger partial charge is 0.303 e. The van der Waals surface area contributed by atoms with Gasteiger partial charge in [0.05, 0.1) is 6.10 Å². The first-order valence-corrected chi connectivity index (χ1v) is 16.4. The Balaban J connectivity index is 3.20. The molecule has 0 aromatic heterocycles. The lowest BCUT2D eigenvalue weighted by Crippen LogP contribution is -2.50. The van der Waals surface area contributed by atoms with Gasteiger partial charge in [0, 0.05) is 12.3 Å². The molecule has 0 aromatic carbocycles. The quantitative estimate of drug-likeness (QED) is 0.0984. The number of allylic oxidation sites excluding steroid dienone is 2. The van der Waals surface area contributed by atoms with Crippen molar-refractivity contribution in [2.75, 3.05) is 5.33 Å². The van der Waals surface area contributed by atoms with Gasteiger partial charge < -0.3 is 9.16 Å². The fraction of sp³-hybridized carbons (Fsp3) is 0.759. The van der Waals surface area contributed by atoms with E-state index in [0.717, 1.165) is 31.0 Å². The van der Waals surface area contributed by atoms with Gasteiger partial charge in [-0.25, -0.2) is 0 Å². The molecule has 0 bridgehead atoms. The van der Waals surface area contributed by atoms with Crippen LogP contribution in [-0.4, -0.2) is 31.8 Å². The summed E-state index contributed by atoms with van der Waals surface area (Å²) in [7, 11) is -2.00. The molecule has 0 aromatic rings. The number of carbonyl (C=O) groups excluding carboxylic acids is 1. The Bertz CT molecular complexity index is 714. The zero-order valence-electron chi connectivity index (χ0n) is 23.5. The van der Waals surface area contributed by atoms with E-state index in [0.29, 0.717) is 22.5 Å². The Morgan fingerprint density at radius 1 is 1.15 bits per heavy atom. The van der Waals surface area contributed by atoms with E-state index in [4.69, 9.17) is 9.16 Å². The first-order valence-electron chi connectivity index (χ1n) is 13.1. The van der Waals surface area contributed by atoms with Crippen LogP contribution in [0.2, 0.25) is 16.6 Å². The van der Waals surface area contributed by atoms with Gasteiger partial charge >= 0.3 is 5.97 Å². The number of esters is 1. The molecule has 3 atom stereocenters. The summed E-state index contributed by atoms with van der Waals surface area (Å²) in [6, 6.07) is 0. The zero-order chi connectivity index (χ0) is 26.3. The summed E-state index contributed by atoms with van der Waals surface area (Å²) in [5.74, 6) is 0.168. The van der Waals surface area contributed by atoms with E-state index in [2.05, 4.69) is 97.0 Å². The predicted molar refractivity (Wildman–Crippen MR) is 153 cm³/mol. The maximum Gasteiger partial charge on any atom is 0.303 e. The zero-order valence-corrected chi connectivity index (χ0v) is 26.1. The first kappa shape index (κ1) is 31.4. The Morgan fingerprint density at radius 2 is 1.71 bits per heavy atom. The van der Waals surface area contributed by atoms with Gasteiger partial charge in [-0.15, -0.1) is 6.58 Å². The highest BCUT2D eigenvalue weighted by atomic mass is 79.9. The Morgan fingerprint density at radius 3 is 2.15 bits per heavy atom. The fourth-order valence-electron chi connectivity index (χ4n) is 6.25. The molecule has 0 aliphatic heterocycles. The van der Waals surface area contributed by atoms with Gasteiger partial charge in [0.1, 0.15) is 6.10 Å². The summed E-state index contributed by atoms with van der Waals surface area (Å²) >= 11 is 3.48. The molecule has 196 valence electrons. The summed E-state index contributed by atoms with van der Waals surface area (Å²) < 4.78 is 12.6. The number of hydrogen-bond acceptors (Lipinski definition) is 3. The third-order valence-electron chi connectivity index (χ3n) is 8.05. The van der Waals surface area contributed by atoms with Crippen molar-refractivity contribution in [3.8, 4) is 0 Å². The number of carbonyl (C=O) groups is 1. The maximum absolute atomic E-state index is 11.5. The summed E-state index contributed by atoms with van der Waals surface area (Å²) in [5, 5.41) is 0.805. The van der Waals surface area contributed by atoms with Crippen molar-refractivity contribution in [2.45, 2.75) is 124 Å². The monoisotopic (exact) mass is 554 g/mol. The van der Waals surface area contributed by atoms with E-state index in [1.165, 1.54) is 18.1 Å². The highest BCUT2D eigenvalue weighted by Crippen LogP contribution is 2.49. The molecule has 0 saturated carbocycles. The topological polar surface area (TPSA) is 35.5 Å². The summed E-state index contributed by atoms with van der Waals surface area (Å²) in [5.41, 5.74) is 4.65. The summed E-state index contributed by atoms with van der Waals surface area (Å²) in [6.07, 6.45) is 10.2. The Labute approximate surface area is 220 Å². The molecule has 0 saturated heterocycles. The predicted octanol–water partition coefficient (Wildman–Crippen LogP) is 9.15. The third kappa shape index (κ3) is 7.67. The highest BCUT2D eigenvalue weighted by molar-refractivity contribution is 9.09. The van der Waals surface area contributed by atoms with E-state index in [-0.39, 0.29) is 23.6 Å². The van der Waals surface area contributed by atoms with Crippen LogP contribution in [0, 0.1) is 11.3 Å². The largest absolute Gasteiger partial charge is 0.458 e. The fourth-order valence-corrected chi connectivity index (χ4v) is 12.2. The third-order valence-corrected chi connectivity index (χ3v) is 14.6. The van der Waals surface area contributed by atoms with Gasteiger partial charge in [-0.2, -0.15) is 0 Å². The van der Waals surface area contributed by atoms with E-state index < -0.39 is 8.32 Å². The van der Waals surface area contributed by atoms with Crippen LogP contribution >= 0.6 is 15.9 Å². The van der Waals surface area contributed by atoms with Crippen LogP contribution in [0.25, 0.3) is 0 Å². The van der Waals surface area contributed by atoms with E-state index in [1.54, 1.807) is 0 Å². The highest BCUT2D eigenvalue weighted by Gasteiger charge is 2.47. The van der Waals surface area contributed by atoms with Gasteiger partial charge in [0.25, 0.3) is 0 Å². The van der Waals surface area contributed by atoms with Gasteiger partial charge in [-0.1, -0.05) is 94.6 Å². The number of ether oxygens (including phenoxy) is 1. The second kappa shape index (κ2) is 13.6. The molecular formula is C29H51BrO3Si. The molecule has 34 heavy (non-hydrogen) atoms. The van der Waals surface area contributed by atoms with Crippen molar-refractivity contribution in [1.82, 2.24) is 0 Å². The Kier molecular flexibility index (Phi) is 12.5. The minimum Gasteiger partial charge on any atom is -0.458 e. The van der Waals surface area contributed by atoms with Crippen LogP contribution in [0.5, 0.6) is 0 Å². The van der Waals surface area contributed by atoms with E-state index >= 15 is 0 Å². The van der Waals surface area contributed by atoms with Crippen molar-refractivity contribution in [3.63, 3.8) is 0 Å². The standard InChI is InChI=1S/C29H51BrO3Si/c1-12-26(33-34(20(2)3,21(4)5)22(6)7)19-28-23(8)13-14-25(29(28,10)11)15-16-27(17-18-30)32-24(9)31/h12,15-16,20-22,25-27H,1,13-14,17-19H2,2-11H3/b16-15+. The van der Waals surface area contributed by atoms with Crippen LogP contribution in [0.3, 0.4) is 0 Å². The minimum atomic E-state index is -2.00. The molecule has 0 amide bonds. The number of hydrogen-bond donors (Lipinski definition) is 0. The lowest BCUT2D eigenvalue weighted by molar-refractivity contribution is -0.144. The van der Waals surface area contributed by atoms with Crippen LogP contribution in [0.15, 0.2) is 36.0 Å². The first-order chi connectivity index (χ1) is 15.7. The molecule has 1 aliphatic rings. The molecule has 3 nitrogen and oxygen atoms in total. The molecule has 0 N–H and O–H groups in total. The minimum absolute atomic E-state index is 0.0103. The number of rotatable bonds is 13. The lowest BCUT2D eigenvalue weighted by Gasteiger charge is -2.46. The SMILES string of the molecule is C=CC(CC1=C(C)CCC(/C=C/C(CCBr)OC(C)=O)C1(C)C)O[Si](C(C)C)(C(C)C)C(C)C. The van der Waals surface area contributed by atoms with Gasteiger partial charge in [0.15, 0.2) is 0 Å². The molecule has 3 unspecified atom stereocenters. The summed E-state index contributed by atoms with van der Waals surface area (Å²) in [6.45, 7) is 26.8. The molecule has 0 spiro atoms. The average Bonchev–Trinajstić information content (AvgIpc) is 2.71. The molecule has 0 heterocycles. The van der Waals surface area contributed by atoms with Gasteiger partial charge in [-0.3, -0.25) is 4.79 Å². The average molecular weight is 556 g/mol. The maximum atomic E-state index is 11.5. The van der Waals surface area contributed by atoms with Crippen LogP contribution in [0.1, 0.15) is 94.9 Å². The van der Waals surface area contributed by atoms with Crippen molar-refractivity contribution < 1.29 is 14.0 Å². The van der Waals surface area contributed by atoms with Gasteiger partial charge in [-0.05, 0) is 66.6 Å². The Hall–Kier alpha value is -0.653. The van der Waals surface area contributed by atoms with Crippen molar-refractivity contribution in [1.29, 1.82) is 0 Å². The van der Waals surface area contributed by atoms with Crippen LogP contribution in [0.4, 0.5) is 0 Å². The molecular weight excluding hydrogens is 504 g/mol. The summed E-state index contributed by atoms with van der Waals surface area (Å²) in [4.78, 5) is 11.5. The van der Waals surface area contributed by atoms with Crippen LogP contribution < -0.4 is 0 Å². The molecule has 0 radical (unpaired) electrons. The van der Waals surface area contributed by atoms with E-state index in [9.17, 15) is 4.79 Å². The number of halogens is 1. The van der Waals surface area contributed by atoms with Crippen LogP contribution in [-0.2, 0) is 14.0 Å². The second-order valence-corrected chi connectivity index (χ2v) is 17.7. The second-order valence-electron chi connectivity index (χ2n) is 11.5. The van der Waals surface area contributed by atoms with Gasteiger partial charge in [0.2, 0.25) is 8.32 Å². The molecule has 1 rings (SSSR count). The molecule has 5 heteroatoms. The number of alkyl halides is 1. The van der Waals surface area contributed by atoms with E-state index in [1.807, 2.05) is 6.08 Å². The lowest BCUT2D eigenvalue weighted by atomic mass is 9.64. The normalized spacial score (nSPS) is 20.9.